The number of ether oxygens (including phenoxy) is 1. The largest absolute Gasteiger partial charge is 0.493 e. The molecule has 0 saturated carbocycles. The van der Waals surface area contributed by atoms with Crippen LogP contribution in [0.2, 0.25) is 0 Å². The number of hydrogen-bond acceptors (Lipinski definition) is 4. The molecule has 2 aromatic carbocycles. The number of rotatable bonds is 5. The summed E-state index contributed by atoms with van der Waals surface area (Å²) < 4.78 is 19.5. The normalized spacial score (nSPS) is 10.5. The average Bonchev–Trinajstić information content (AvgIpc) is 2.59. The predicted octanol–water partition coefficient (Wildman–Crippen LogP) is 3.08. The molecule has 0 aliphatic rings. The topological polar surface area (TPSA) is 79.8 Å². The van der Waals surface area contributed by atoms with E-state index in [0.717, 1.165) is 4.47 Å². The van der Waals surface area contributed by atoms with Crippen LogP contribution >= 0.6 is 15.9 Å². The lowest BCUT2D eigenvalue weighted by molar-refractivity contribution is -0.136. The standard InChI is InChI=1S/C17H15BrFN3O3/c1-2-25-15-8-7-11(9-12(15)18)10-20-22-17(24)16(23)21-14-6-4-3-5-13(14)19/h3-10H,2H2,1H3,(H,21,23)(H,22,24)/b20-10-. The van der Waals surface area contributed by atoms with E-state index >= 15 is 0 Å². The molecule has 0 aromatic heterocycles. The number of nitrogens with one attached hydrogen (secondary N) is 2. The fourth-order valence-corrected chi connectivity index (χ4v) is 2.34. The average molecular weight is 408 g/mol. The van der Waals surface area contributed by atoms with Gasteiger partial charge in [0.15, 0.2) is 0 Å². The zero-order valence-electron chi connectivity index (χ0n) is 13.3. The van der Waals surface area contributed by atoms with Crippen LogP contribution in [0.3, 0.4) is 0 Å². The molecule has 8 heteroatoms. The zero-order chi connectivity index (χ0) is 18.2. The summed E-state index contributed by atoms with van der Waals surface area (Å²) in [6.45, 7) is 2.42. The van der Waals surface area contributed by atoms with Crippen molar-refractivity contribution < 1.29 is 18.7 Å². The third kappa shape index (κ3) is 5.39. The first kappa shape index (κ1) is 18.6. The van der Waals surface area contributed by atoms with Crippen LogP contribution in [0.4, 0.5) is 10.1 Å². The maximum Gasteiger partial charge on any atom is 0.329 e. The molecular formula is C17H15BrFN3O3. The minimum atomic E-state index is -1.02. The molecule has 0 heterocycles. The van der Waals surface area contributed by atoms with E-state index in [2.05, 4.69) is 31.8 Å². The maximum absolute atomic E-state index is 13.4. The first-order valence-corrected chi connectivity index (χ1v) is 8.11. The van der Waals surface area contributed by atoms with E-state index in [0.29, 0.717) is 17.9 Å². The molecule has 2 aromatic rings. The SMILES string of the molecule is CCOc1ccc(/C=N\NC(=O)C(=O)Nc2ccccc2F)cc1Br. The summed E-state index contributed by atoms with van der Waals surface area (Å²) in [5.74, 6) is -1.97. The molecule has 6 nitrogen and oxygen atoms in total. The molecule has 0 spiro atoms. The summed E-state index contributed by atoms with van der Waals surface area (Å²) in [4.78, 5) is 23.4. The smallest absolute Gasteiger partial charge is 0.329 e. The number of benzene rings is 2. The van der Waals surface area contributed by atoms with Gasteiger partial charge in [-0.05, 0) is 58.7 Å². The van der Waals surface area contributed by atoms with Crippen molar-refractivity contribution in [3.63, 3.8) is 0 Å². The van der Waals surface area contributed by atoms with Crippen molar-refractivity contribution in [2.24, 2.45) is 5.10 Å². The van der Waals surface area contributed by atoms with Gasteiger partial charge in [-0.3, -0.25) is 9.59 Å². The van der Waals surface area contributed by atoms with Crippen molar-refractivity contribution in [3.8, 4) is 5.75 Å². The second-order valence-corrected chi connectivity index (χ2v) is 5.61. The first-order valence-electron chi connectivity index (χ1n) is 7.32. The van der Waals surface area contributed by atoms with Crippen molar-refractivity contribution in [1.29, 1.82) is 0 Å². The van der Waals surface area contributed by atoms with E-state index in [-0.39, 0.29) is 5.69 Å². The zero-order valence-corrected chi connectivity index (χ0v) is 14.8. The fraction of sp³-hybridized carbons (Fsp3) is 0.118. The van der Waals surface area contributed by atoms with Crippen LogP contribution in [0.1, 0.15) is 12.5 Å². The molecule has 2 rings (SSSR count). The highest BCUT2D eigenvalue weighted by molar-refractivity contribution is 9.10. The first-order chi connectivity index (χ1) is 12.0. The third-order valence-corrected chi connectivity index (χ3v) is 3.58. The van der Waals surface area contributed by atoms with Crippen molar-refractivity contribution >= 4 is 39.6 Å². The van der Waals surface area contributed by atoms with Crippen molar-refractivity contribution in [2.75, 3.05) is 11.9 Å². The Kier molecular flexibility index (Phi) is 6.64. The Hall–Kier alpha value is -2.74. The Morgan fingerprint density at radius 1 is 1.24 bits per heavy atom. The van der Waals surface area contributed by atoms with E-state index in [1.54, 1.807) is 24.3 Å². The molecule has 0 fully saturated rings. The van der Waals surface area contributed by atoms with Crippen LogP contribution in [0, 0.1) is 5.82 Å². The summed E-state index contributed by atoms with van der Waals surface area (Å²) in [5, 5.41) is 5.87. The Balaban J connectivity index is 1.92. The van der Waals surface area contributed by atoms with E-state index in [1.165, 1.54) is 24.4 Å². The van der Waals surface area contributed by atoms with Gasteiger partial charge in [0.25, 0.3) is 0 Å². The fourth-order valence-electron chi connectivity index (χ4n) is 1.83. The Morgan fingerprint density at radius 3 is 2.68 bits per heavy atom. The molecule has 2 amide bonds. The molecule has 0 aliphatic carbocycles. The highest BCUT2D eigenvalue weighted by atomic mass is 79.9. The van der Waals surface area contributed by atoms with E-state index in [4.69, 9.17) is 4.74 Å². The quantitative estimate of drug-likeness (QED) is 0.454. The molecule has 0 atom stereocenters. The summed E-state index contributed by atoms with van der Waals surface area (Å²) in [6, 6.07) is 10.8. The highest BCUT2D eigenvalue weighted by Crippen LogP contribution is 2.25. The predicted molar refractivity (Wildman–Crippen MR) is 96.1 cm³/mol. The van der Waals surface area contributed by atoms with Gasteiger partial charge in [-0.15, -0.1) is 0 Å². The second kappa shape index (κ2) is 8.93. The van der Waals surface area contributed by atoms with Crippen molar-refractivity contribution in [3.05, 3.63) is 58.3 Å². The molecular weight excluding hydrogens is 393 g/mol. The minimum absolute atomic E-state index is 0.0814. The molecule has 0 radical (unpaired) electrons. The van der Waals surface area contributed by atoms with Gasteiger partial charge >= 0.3 is 11.8 Å². The Labute approximate surface area is 152 Å². The summed E-state index contributed by atoms with van der Waals surface area (Å²) in [5.41, 5.74) is 2.68. The second-order valence-electron chi connectivity index (χ2n) is 4.76. The number of hydrazone groups is 1. The van der Waals surface area contributed by atoms with Crippen LogP contribution in [-0.2, 0) is 9.59 Å². The number of carbonyl (C=O) groups is 2. The molecule has 130 valence electrons. The van der Waals surface area contributed by atoms with Gasteiger partial charge in [-0.2, -0.15) is 5.10 Å². The Bertz CT molecular complexity index is 811. The lowest BCUT2D eigenvalue weighted by atomic mass is 10.2. The molecule has 0 unspecified atom stereocenters. The van der Waals surface area contributed by atoms with Gasteiger partial charge in [0, 0.05) is 0 Å². The number of halogens is 2. The van der Waals surface area contributed by atoms with E-state index in [1.807, 2.05) is 6.92 Å². The van der Waals surface area contributed by atoms with Gasteiger partial charge in [0.05, 0.1) is 23.0 Å². The highest BCUT2D eigenvalue weighted by Gasteiger charge is 2.14. The summed E-state index contributed by atoms with van der Waals surface area (Å²) in [7, 11) is 0. The number of carbonyl (C=O) groups excluding carboxylic acids is 2. The summed E-state index contributed by atoms with van der Waals surface area (Å²) >= 11 is 3.36. The molecule has 25 heavy (non-hydrogen) atoms. The van der Waals surface area contributed by atoms with Crippen molar-refractivity contribution in [2.45, 2.75) is 6.92 Å². The number of anilines is 1. The number of nitrogens with zero attached hydrogens (tertiary/aromatic N) is 1. The van der Waals surface area contributed by atoms with Gasteiger partial charge in [-0.25, -0.2) is 9.82 Å². The van der Waals surface area contributed by atoms with Crippen LogP contribution in [0.15, 0.2) is 52.0 Å². The number of hydrogen-bond donors (Lipinski definition) is 2. The minimum Gasteiger partial charge on any atom is -0.493 e. The van der Waals surface area contributed by atoms with Crippen LogP contribution in [0.5, 0.6) is 5.75 Å². The maximum atomic E-state index is 13.4. The summed E-state index contributed by atoms with van der Waals surface area (Å²) in [6.07, 6.45) is 1.37. The van der Waals surface area contributed by atoms with Crippen LogP contribution in [0.25, 0.3) is 0 Å². The lowest BCUT2D eigenvalue weighted by Gasteiger charge is -2.06. The molecule has 0 aliphatic heterocycles. The monoisotopic (exact) mass is 407 g/mol. The number of amides is 2. The molecule has 0 bridgehead atoms. The third-order valence-electron chi connectivity index (χ3n) is 2.96. The lowest BCUT2D eigenvalue weighted by Crippen LogP contribution is -2.32. The number of para-hydroxylation sites is 1. The molecule has 2 N–H and O–H groups in total. The van der Waals surface area contributed by atoms with Gasteiger partial charge in [0.1, 0.15) is 11.6 Å². The Morgan fingerprint density at radius 2 is 2.00 bits per heavy atom. The van der Waals surface area contributed by atoms with Gasteiger partial charge < -0.3 is 10.1 Å². The molecule has 0 saturated heterocycles. The van der Waals surface area contributed by atoms with Crippen molar-refractivity contribution in [1.82, 2.24) is 5.43 Å². The van der Waals surface area contributed by atoms with Gasteiger partial charge in [-0.1, -0.05) is 12.1 Å². The van der Waals surface area contributed by atoms with E-state index < -0.39 is 17.6 Å². The van der Waals surface area contributed by atoms with E-state index in [9.17, 15) is 14.0 Å². The van der Waals surface area contributed by atoms with Gasteiger partial charge in [0.2, 0.25) is 0 Å². The van der Waals surface area contributed by atoms with Crippen LogP contribution < -0.4 is 15.5 Å². The van der Waals surface area contributed by atoms with Crippen LogP contribution in [-0.4, -0.2) is 24.6 Å².